The molecule has 0 radical (unpaired) electrons. The zero-order chi connectivity index (χ0) is 14.4. The summed E-state index contributed by atoms with van der Waals surface area (Å²) >= 11 is 0. The molecule has 0 aliphatic carbocycles. The predicted molar refractivity (Wildman–Crippen MR) is 76.7 cm³/mol. The van der Waals surface area contributed by atoms with Crippen LogP contribution in [0.25, 0.3) is 0 Å². The van der Waals surface area contributed by atoms with Gasteiger partial charge in [0.25, 0.3) is 5.56 Å². The molecular formula is C16H16N2O2. The van der Waals surface area contributed by atoms with Gasteiger partial charge in [-0.2, -0.15) is 5.26 Å². The molecular weight excluding hydrogens is 252 g/mol. The quantitative estimate of drug-likeness (QED) is 0.783. The Kier molecular flexibility index (Phi) is 4.56. The summed E-state index contributed by atoms with van der Waals surface area (Å²) in [4.78, 5) is 11.8. The molecule has 1 aromatic heterocycles. The molecule has 0 amide bonds. The smallest absolute Gasteiger partial charge is 0.253 e. The van der Waals surface area contributed by atoms with Crippen molar-refractivity contribution < 1.29 is 4.74 Å². The van der Waals surface area contributed by atoms with E-state index in [-0.39, 0.29) is 5.56 Å². The minimum atomic E-state index is 0.0471. The molecule has 0 saturated carbocycles. The number of aromatic nitrogens is 1. The molecule has 0 saturated heterocycles. The van der Waals surface area contributed by atoms with Crippen LogP contribution < -0.4 is 10.3 Å². The summed E-state index contributed by atoms with van der Waals surface area (Å²) in [6.07, 6.45) is 2.54. The zero-order valence-corrected chi connectivity index (χ0v) is 11.4. The summed E-state index contributed by atoms with van der Waals surface area (Å²) in [7, 11) is 0. The Labute approximate surface area is 117 Å². The molecule has 0 unspecified atom stereocenters. The van der Waals surface area contributed by atoms with Crippen LogP contribution in [0.1, 0.15) is 17.5 Å². The molecule has 1 aromatic carbocycles. The fourth-order valence-electron chi connectivity index (χ4n) is 1.88. The van der Waals surface area contributed by atoms with Crippen molar-refractivity contribution in [1.29, 1.82) is 5.26 Å². The summed E-state index contributed by atoms with van der Waals surface area (Å²) in [6, 6.07) is 12.7. The van der Waals surface area contributed by atoms with Gasteiger partial charge in [-0.25, -0.2) is 0 Å². The van der Waals surface area contributed by atoms with Gasteiger partial charge >= 0.3 is 0 Å². The first-order valence-electron chi connectivity index (χ1n) is 6.50. The maximum atomic E-state index is 11.8. The summed E-state index contributed by atoms with van der Waals surface area (Å²) in [5.41, 5.74) is 1.41. The van der Waals surface area contributed by atoms with E-state index in [9.17, 15) is 4.79 Å². The van der Waals surface area contributed by atoms with E-state index in [1.54, 1.807) is 35.0 Å². The maximum Gasteiger partial charge on any atom is 0.253 e. The Morgan fingerprint density at radius 1 is 1.25 bits per heavy atom. The number of hydrogen-bond acceptors (Lipinski definition) is 3. The summed E-state index contributed by atoms with van der Waals surface area (Å²) in [5.74, 6) is 0.737. The highest BCUT2D eigenvalue weighted by Crippen LogP contribution is 2.11. The Bertz CT molecular complexity index is 666. The SMILES string of the molecule is Cc1cccn(CCCOc2ccc(C#N)cc2)c1=O. The molecule has 2 rings (SSSR count). The number of ether oxygens (including phenoxy) is 1. The van der Waals surface area contributed by atoms with Crippen molar-refractivity contribution in [2.24, 2.45) is 0 Å². The zero-order valence-electron chi connectivity index (χ0n) is 11.4. The van der Waals surface area contributed by atoms with Gasteiger partial charge in [-0.1, -0.05) is 6.07 Å². The molecule has 2 aromatic rings. The van der Waals surface area contributed by atoms with E-state index in [1.807, 2.05) is 19.1 Å². The van der Waals surface area contributed by atoms with Crippen LogP contribution in [0.5, 0.6) is 5.75 Å². The second-order valence-corrected chi connectivity index (χ2v) is 4.53. The highest BCUT2D eigenvalue weighted by Gasteiger charge is 1.99. The number of nitrogens with zero attached hydrogens (tertiary/aromatic N) is 2. The number of benzene rings is 1. The average molecular weight is 268 g/mol. The van der Waals surface area contributed by atoms with Gasteiger partial charge in [-0.05, 0) is 43.7 Å². The fraction of sp³-hybridized carbons (Fsp3) is 0.250. The maximum absolute atomic E-state index is 11.8. The number of hydrogen-bond donors (Lipinski definition) is 0. The van der Waals surface area contributed by atoms with Gasteiger partial charge in [0.2, 0.25) is 0 Å². The lowest BCUT2D eigenvalue weighted by Crippen LogP contribution is -2.22. The molecule has 4 heteroatoms. The molecule has 0 atom stereocenters. The first-order chi connectivity index (χ1) is 9.70. The third-order valence-electron chi connectivity index (χ3n) is 3.01. The lowest BCUT2D eigenvalue weighted by molar-refractivity contribution is 0.301. The van der Waals surface area contributed by atoms with E-state index >= 15 is 0 Å². The van der Waals surface area contributed by atoms with E-state index in [4.69, 9.17) is 10.00 Å². The highest BCUT2D eigenvalue weighted by molar-refractivity contribution is 5.34. The molecule has 0 aliphatic heterocycles. The van der Waals surface area contributed by atoms with Crippen LogP contribution in [0.2, 0.25) is 0 Å². The standard InChI is InChI=1S/C16H16N2O2/c1-13-4-2-9-18(16(13)19)10-3-11-20-15-7-5-14(12-17)6-8-15/h2,4-9H,3,10-11H2,1H3. The predicted octanol–water partition coefficient (Wildman–Crippen LogP) is 2.50. The Hall–Kier alpha value is -2.54. The molecule has 0 fully saturated rings. The monoisotopic (exact) mass is 268 g/mol. The lowest BCUT2D eigenvalue weighted by Gasteiger charge is -2.08. The Balaban J connectivity index is 1.83. The molecule has 0 aliphatic rings. The second kappa shape index (κ2) is 6.58. The van der Waals surface area contributed by atoms with Crippen molar-refractivity contribution >= 4 is 0 Å². The Morgan fingerprint density at radius 3 is 2.70 bits per heavy atom. The van der Waals surface area contributed by atoms with Gasteiger partial charge in [0.05, 0.1) is 18.2 Å². The molecule has 1 heterocycles. The third-order valence-corrected chi connectivity index (χ3v) is 3.01. The van der Waals surface area contributed by atoms with Crippen LogP contribution >= 0.6 is 0 Å². The summed E-state index contributed by atoms with van der Waals surface area (Å²) in [6.45, 7) is 2.98. The van der Waals surface area contributed by atoms with Gasteiger partial charge in [0.1, 0.15) is 5.75 Å². The largest absolute Gasteiger partial charge is 0.494 e. The summed E-state index contributed by atoms with van der Waals surface area (Å²) in [5, 5.41) is 8.69. The van der Waals surface area contributed by atoms with Gasteiger partial charge < -0.3 is 9.30 Å². The van der Waals surface area contributed by atoms with Crippen LogP contribution in [0.15, 0.2) is 47.4 Å². The van der Waals surface area contributed by atoms with Crippen LogP contribution in [0.3, 0.4) is 0 Å². The minimum Gasteiger partial charge on any atom is -0.494 e. The molecule has 20 heavy (non-hydrogen) atoms. The third kappa shape index (κ3) is 3.48. The fourth-order valence-corrected chi connectivity index (χ4v) is 1.88. The van der Waals surface area contributed by atoms with Crippen molar-refractivity contribution in [2.45, 2.75) is 19.9 Å². The lowest BCUT2D eigenvalue weighted by atomic mass is 10.2. The van der Waals surface area contributed by atoms with E-state index < -0.39 is 0 Å². The molecule has 0 bridgehead atoms. The summed E-state index contributed by atoms with van der Waals surface area (Å²) < 4.78 is 7.26. The number of rotatable bonds is 5. The van der Waals surface area contributed by atoms with Gasteiger partial charge in [0.15, 0.2) is 0 Å². The molecule has 0 spiro atoms. The molecule has 4 nitrogen and oxygen atoms in total. The minimum absolute atomic E-state index is 0.0471. The number of pyridine rings is 1. The van der Waals surface area contributed by atoms with E-state index in [1.165, 1.54) is 0 Å². The van der Waals surface area contributed by atoms with Crippen molar-refractivity contribution in [3.05, 3.63) is 64.1 Å². The van der Waals surface area contributed by atoms with Crippen molar-refractivity contribution in [1.82, 2.24) is 4.57 Å². The van der Waals surface area contributed by atoms with E-state index in [0.717, 1.165) is 17.7 Å². The average Bonchev–Trinajstić information content (AvgIpc) is 2.48. The Morgan fingerprint density at radius 2 is 2.00 bits per heavy atom. The van der Waals surface area contributed by atoms with Crippen molar-refractivity contribution in [3.8, 4) is 11.8 Å². The van der Waals surface area contributed by atoms with Gasteiger partial charge in [-0.3, -0.25) is 4.79 Å². The van der Waals surface area contributed by atoms with Crippen LogP contribution in [-0.2, 0) is 6.54 Å². The van der Waals surface area contributed by atoms with Gasteiger partial charge in [0, 0.05) is 18.3 Å². The van der Waals surface area contributed by atoms with Crippen molar-refractivity contribution in [2.75, 3.05) is 6.61 Å². The first kappa shape index (κ1) is 13.9. The van der Waals surface area contributed by atoms with E-state index in [0.29, 0.717) is 18.7 Å². The number of nitriles is 1. The number of aryl methyl sites for hydroxylation is 2. The highest BCUT2D eigenvalue weighted by atomic mass is 16.5. The normalized spacial score (nSPS) is 10.0. The van der Waals surface area contributed by atoms with Crippen LogP contribution in [-0.4, -0.2) is 11.2 Å². The molecule has 102 valence electrons. The molecule has 0 N–H and O–H groups in total. The first-order valence-corrected chi connectivity index (χ1v) is 6.50. The van der Waals surface area contributed by atoms with E-state index in [2.05, 4.69) is 6.07 Å². The topological polar surface area (TPSA) is 55.0 Å². The van der Waals surface area contributed by atoms with Gasteiger partial charge in [-0.15, -0.1) is 0 Å². The van der Waals surface area contributed by atoms with Crippen LogP contribution in [0, 0.1) is 18.3 Å². The van der Waals surface area contributed by atoms with Crippen molar-refractivity contribution in [3.63, 3.8) is 0 Å². The van der Waals surface area contributed by atoms with Crippen LogP contribution in [0.4, 0.5) is 0 Å². The second-order valence-electron chi connectivity index (χ2n) is 4.53.